The Hall–Kier alpha value is -2.21. The fourth-order valence-corrected chi connectivity index (χ4v) is 2.68. The van der Waals surface area contributed by atoms with E-state index in [2.05, 4.69) is 4.98 Å². The van der Waals surface area contributed by atoms with Crippen LogP contribution in [-0.4, -0.2) is 40.0 Å². The lowest BCUT2D eigenvalue weighted by molar-refractivity contribution is -0.137. The van der Waals surface area contributed by atoms with Crippen LogP contribution in [0.25, 0.3) is 10.6 Å². The molecule has 1 aromatic heterocycles. The van der Waals surface area contributed by atoms with Crippen molar-refractivity contribution in [2.24, 2.45) is 0 Å². The number of aliphatic carboxylic acids is 1. The maximum atomic E-state index is 12.3. The number of aromatic nitrogens is 1. The second kappa shape index (κ2) is 6.99. The molecule has 21 heavy (non-hydrogen) atoms. The minimum absolute atomic E-state index is 0.0603. The minimum atomic E-state index is -0.912. The largest absolute Gasteiger partial charge is 0.481 e. The molecule has 0 unspecified atom stereocenters. The highest BCUT2D eigenvalue weighted by atomic mass is 32.1. The molecule has 1 N–H and O–H groups in total. The monoisotopic (exact) mass is 304 g/mol. The number of rotatable bonds is 6. The molecule has 110 valence electrons. The zero-order valence-electron chi connectivity index (χ0n) is 11.7. The fraction of sp³-hybridized carbons (Fsp3) is 0.267. The molecule has 6 heteroatoms. The van der Waals surface area contributed by atoms with Crippen molar-refractivity contribution in [3.8, 4) is 10.6 Å². The van der Waals surface area contributed by atoms with Crippen molar-refractivity contribution in [1.29, 1.82) is 0 Å². The molecular weight excluding hydrogens is 288 g/mol. The molecule has 0 bridgehead atoms. The van der Waals surface area contributed by atoms with Crippen LogP contribution >= 0.6 is 11.3 Å². The average Bonchev–Trinajstić information content (AvgIpc) is 2.98. The molecule has 0 aliphatic rings. The summed E-state index contributed by atoms with van der Waals surface area (Å²) in [6, 6.07) is 9.64. The number of benzene rings is 1. The van der Waals surface area contributed by atoms with E-state index in [0.717, 1.165) is 10.6 Å². The van der Waals surface area contributed by atoms with Gasteiger partial charge in [-0.2, -0.15) is 0 Å². The van der Waals surface area contributed by atoms with Crippen molar-refractivity contribution in [2.45, 2.75) is 13.3 Å². The summed E-state index contributed by atoms with van der Waals surface area (Å²) < 4.78 is 0. The Morgan fingerprint density at radius 3 is 2.62 bits per heavy atom. The lowest BCUT2D eigenvalue weighted by atomic mass is 10.2. The standard InChI is InChI=1S/C15H16N2O3S/c1-2-17(9-8-13(18)19)15(20)12-10-21-14(16-12)11-6-4-3-5-7-11/h3-7,10H,2,8-9H2,1H3,(H,18,19). The van der Waals surface area contributed by atoms with Crippen LogP contribution in [0.3, 0.4) is 0 Å². The summed E-state index contributed by atoms with van der Waals surface area (Å²) in [5, 5.41) is 11.2. The molecule has 1 aromatic carbocycles. The van der Waals surface area contributed by atoms with E-state index in [4.69, 9.17) is 5.11 Å². The second-order valence-electron chi connectivity index (χ2n) is 4.43. The number of amides is 1. The molecule has 1 amide bonds. The second-order valence-corrected chi connectivity index (χ2v) is 5.29. The van der Waals surface area contributed by atoms with Gasteiger partial charge in [0.1, 0.15) is 10.7 Å². The molecule has 2 rings (SSSR count). The van der Waals surface area contributed by atoms with Crippen molar-refractivity contribution in [1.82, 2.24) is 9.88 Å². The Balaban J connectivity index is 2.12. The van der Waals surface area contributed by atoms with Crippen LogP contribution in [0.4, 0.5) is 0 Å². The smallest absolute Gasteiger partial charge is 0.305 e. The Kier molecular flexibility index (Phi) is 5.05. The summed E-state index contributed by atoms with van der Waals surface area (Å²) in [7, 11) is 0. The van der Waals surface area contributed by atoms with Crippen LogP contribution in [0.15, 0.2) is 35.7 Å². The van der Waals surface area contributed by atoms with Gasteiger partial charge in [-0.05, 0) is 6.92 Å². The molecule has 0 saturated carbocycles. The number of carbonyl (C=O) groups excluding carboxylic acids is 1. The Labute approximate surface area is 126 Å². The number of carbonyl (C=O) groups is 2. The van der Waals surface area contributed by atoms with E-state index in [0.29, 0.717) is 12.2 Å². The van der Waals surface area contributed by atoms with Gasteiger partial charge in [-0.3, -0.25) is 9.59 Å². The summed E-state index contributed by atoms with van der Waals surface area (Å²) in [5.41, 5.74) is 1.33. The summed E-state index contributed by atoms with van der Waals surface area (Å²) in [6.45, 7) is 2.48. The number of carboxylic acid groups (broad SMARTS) is 1. The first kappa shape index (κ1) is 15.2. The normalized spacial score (nSPS) is 10.3. The van der Waals surface area contributed by atoms with Gasteiger partial charge in [0.2, 0.25) is 0 Å². The third-order valence-corrected chi connectivity index (χ3v) is 3.90. The quantitative estimate of drug-likeness (QED) is 0.891. The lowest BCUT2D eigenvalue weighted by Crippen LogP contribution is -2.33. The van der Waals surface area contributed by atoms with Gasteiger partial charge in [0.05, 0.1) is 6.42 Å². The first-order valence-corrected chi connectivity index (χ1v) is 7.51. The number of hydrogen-bond donors (Lipinski definition) is 1. The molecule has 2 aromatic rings. The summed E-state index contributed by atoms with van der Waals surface area (Å²) in [6.07, 6.45) is -0.0603. The van der Waals surface area contributed by atoms with Crippen molar-refractivity contribution < 1.29 is 14.7 Å². The van der Waals surface area contributed by atoms with Gasteiger partial charge in [-0.25, -0.2) is 4.98 Å². The summed E-state index contributed by atoms with van der Waals surface area (Å²) >= 11 is 1.41. The van der Waals surface area contributed by atoms with Gasteiger partial charge in [-0.1, -0.05) is 30.3 Å². The molecule has 0 spiro atoms. The molecule has 0 aliphatic heterocycles. The minimum Gasteiger partial charge on any atom is -0.481 e. The number of carboxylic acids is 1. The highest BCUT2D eigenvalue weighted by Gasteiger charge is 2.18. The average molecular weight is 304 g/mol. The Morgan fingerprint density at radius 2 is 2.00 bits per heavy atom. The van der Waals surface area contributed by atoms with Crippen molar-refractivity contribution in [2.75, 3.05) is 13.1 Å². The van der Waals surface area contributed by atoms with Crippen LogP contribution in [0.2, 0.25) is 0 Å². The molecule has 0 atom stereocenters. The van der Waals surface area contributed by atoms with Crippen LogP contribution in [0, 0.1) is 0 Å². The predicted molar refractivity (Wildman–Crippen MR) is 81.4 cm³/mol. The third kappa shape index (κ3) is 3.88. The first-order chi connectivity index (χ1) is 10.1. The van der Waals surface area contributed by atoms with Crippen LogP contribution in [-0.2, 0) is 4.79 Å². The van der Waals surface area contributed by atoms with Gasteiger partial charge >= 0.3 is 5.97 Å². The van der Waals surface area contributed by atoms with Crippen LogP contribution in [0.1, 0.15) is 23.8 Å². The molecule has 0 fully saturated rings. The number of nitrogens with zero attached hydrogens (tertiary/aromatic N) is 2. The lowest BCUT2D eigenvalue weighted by Gasteiger charge is -2.18. The molecule has 0 saturated heterocycles. The zero-order valence-corrected chi connectivity index (χ0v) is 12.5. The van der Waals surface area contributed by atoms with E-state index in [1.807, 2.05) is 37.3 Å². The maximum absolute atomic E-state index is 12.3. The highest BCUT2D eigenvalue weighted by Crippen LogP contribution is 2.23. The molecule has 5 nitrogen and oxygen atoms in total. The first-order valence-electron chi connectivity index (χ1n) is 6.63. The van der Waals surface area contributed by atoms with E-state index in [9.17, 15) is 9.59 Å². The molecule has 0 radical (unpaired) electrons. The van der Waals surface area contributed by atoms with Crippen molar-refractivity contribution in [3.63, 3.8) is 0 Å². The van der Waals surface area contributed by atoms with E-state index in [1.54, 1.807) is 5.38 Å². The highest BCUT2D eigenvalue weighted by molar-refractivity contribution is 7.13. The Bertz CT molecular complexity index is 625. The molecular formula is C15H16N2O3S. The number of thiazole rings is 1. The van der Waals surface area contributed by atoms with Gasteiger partial charge < -0.3 is 10.0 Å². The zero-order chi connectivity index (χ0) is 15.2. The van der Waals surface area contributed by atoms with Gasteiger partial charge in [0.25, 0.3) is 5.91 Å². The molecule has 0 aliphatic carbocycles. The van der Waals surface area contributed by atoms with Gasteiger partial charge in [-0.15, -0.1) is 11.3 Å². The predicted octanol–water partition coefficient (Wildman–Crippen LogP) is 2.75. The number of hydrogen-bond acceptors (Lipinski definition) is 4. The topological polar surface area (TPSA) is 70.5 Å². The van der Waals surface area contributed by atoms with Crippen LogP contribution in [0.5, 0.6) is 0 Å². The summed E-state index contributed by atoms with van der Waals surface area (Å²) in [5.74, 6) is -1.14. The maximum Gasteiger partial charge on any atom is 0.305 e. The molecule has 1 heterocycles. The van der Waals surface area contributed by atoms with E-state index >= 15 is 0 Å². The summed E-state index contributed by atoms with van der Waals surface area (Å²) in [4.78, 5) is 28.8. The van der Waals surface area contributed by atoms with E-state index in [-0.39, 0.29) is 18.9 Å². The van der Waals surface area contributed by atoms with Crippen molar-refractivity contribution in [3.05, 3.63) is 41.4 Å². The van der Waals surface area contributed by atoms with Crippen LogP contribution < -0.4 is 0 Å². The SMILES string of the molecule is CCN(CCC(=O)O)C(=O)c1csc(-c2ccccc2)n1. The van der Waals surface area contributed by atoms with Gasteiger partial charge in [0.15, 0.2) is 0 Å². The van der Waals surface area contributed by atoms with E-state index < -0.39 is 5.97 Å². The Morgan fingerprint density at radius 1 is 1.29 bits per heavy atom. The van der Waals surface area contributed by atoms with E-state index in [1.165, 1.54) is 16.2 Å². The fourth-order valence-electron chi connectivity index (χ4n) is 1.88. The van der Waals surface area contributed by atoms with Crippen molar-refractivity contribution >= 4 is 23.2 Å². The van der Waals surface area contributed by atoms with Gasteiger partial charge in [0, 0.05) is 24.0 Å². The third-order valence-electron chi connectivity index (χ3n) is 3.01.